The molecule has 124 valence electrons. The van der Waals surface area contributed by atoms with Crippen molar-refractivity contribution in [3.05, 3.63) is 36.0 Å². The summed E-state index contributed by atoms with van der Waals surface area (Å²) in [4.78, 5) is 26.5. The minimum absolute atomic E-state index is 0.146. The summed E-state index contributed by atoms with van der Waals surface area (Å²) in [6, 6.07) is 6.49. The molecule has 1 aromatic heterocycles. The molecule has 0 bridgehead atoms. The van der Waals surface area contributed by atoms with Gasteiger partial charge in [0, 0.05) is 23.5 Å². The summed E-state index contributed by atoms with van der Waals surface area (Å²) in [7, 11) is 0. The Labute approximate surface area is 134 Å². The molecule has 0 saturated heterocycles. The highest BCUT2D eigenvalue weighted by Crippen LogP contribution is 2.19. The zero-order valence-electron chi connectivity index (χ0n) is 13.2. The molecule has 0 aliphatic heterocycles. The van der Waals surface area contributed by atoms with E-state index < -0.39 is 24.0 Å². The summed E-state index contributed by atoms with van der Waals surface area (Å²) in [6.45, 7) is 3.77. The highest BCUT2D eigenvalue weighted by Gasteiger charge is 2.25. The normalized spacial score (nSPS) is 13.9. The van der Waals surface area contributed by atoms with E-state index in [4.69, 9.17) is 0 Å². The van der Waals surface area contributed by atoms with Gasteiger partial charge in [-0.1, -0.05) is 32.0 Å². The molecule has 0 radical (unpaired) electrons. The number of rotatable bonds is 7. The first-order chi connectivity index (χ1) is 10.9. The summed E-state index contributed by atoms with van der Waals surface area (Å²) < 4.78 is 0. The molecule has 0 fully saturated rings. The van der Waals surface area contributed by atoms with Gasteiger partial charge in [0.2, 0.25) is 5.91 Å². The lowest BCUT2D eigenvalue weighted by atomic mass is 10.0. The topological polar surface area (TPSA) is 102 Å². The van der Waals surface area contributed by atoms with Crippen molar-refractivity contribution in [1.29, 1.82) is 0 Å². The number of para-hydroxylation sites is 1. The number of amides is 1. The number of benzene rings is 1. The van der Waals surface area contributed by atoms with Crippen molar-refractivity contribution in [2.24, 2.45) is 5.92 Å². The second-order valence-electron chi connectivity index (χ2n) is 6.11. The number of aromatic amines is 1. The number of aliphatic hydroxyl groups is 1. The van der Waals surface area contributed by atoms with Crippen LogP contribution in [-0.2, 0) is 16.0 Å². The molecule has 0 saturated carbocycles. The average Bonchev–Trinajstić information content (AvgIpc) is 2.89. The van der Waals surface area contributed by atoms with Crippen molar-refractivity contribution in [3.8, 4) is 0 Å². The Balaban J connectivity index is 2.10. The van der Waals surface area contributed by atoms with Gasteiger partial charge in [0.1, 0.15) is 12.1 Å². The van der Waals surface area contributed by atoms with E-state index in [9.17, 15) is 19.8 Å². The number of carboxylic acids is 1. The van der Waals surface area contributed by atoms with Gasteiger partial charge in [-0.05, 0) is 24.0 Å². The monoisotopic (exact) mass is 318 g/mol. The molecule has 6 nitrogen and oxygen atoms in total. The molecule has 1 heterocycles. The number of aromatic nitrogens is 1. The SMILES string of the molecule is CC(C)C[C@H](O)C(=O)N[C@H](Cc1c[nH]c2ccccc12)C(=O)O. The molecule has 6 heteroatoms. The van der Waals surface area contributed by atoms with Crippen molar-refractivity contribution in [1.82, 2.24) is 10.3 Å². The Morgan fingerprint density at radius 2 is 1.96 bits per heavy atom. The molecule has 1 aromatic carbocycles. The number of fused-ring (bicyclic) bond motifs is 1. The summed E-state index contributed by atoms with van der Waals surface area (Å²) in [5, 5.41) is 22.5. The third kappa shape index (κ3) is 4.32. The summed E-state index contributed by atoms with van der Waals surface area (Å²) in [5.41, 5.74) is 1.73. The van der Waals surface area contributed by atoms with Crippen molar-refractivity contribution in [2.45, 2.75) is 38.8 Å². The number of hydrogen-bond acceptors (Lipinski definition) is 3. The van der Waals surface area contributed by atoms with Gasteiger partial charge in [-0.3, -0.25) is 4.79 Å². The van der Waals surface area contributed by atoms with Gasteiger partial charge in [-0.25, -0.2) is 4.79 Å². The van der Waals surface area contributed by atoms with E-state index in [0.29, 0.717) is 6.42 Å². The van der Waals surface area contributed by atoms with Gasteiger partial charge < -0.3 is 20.5 Å². The lowest BCUT2D eigenvalue weighted by molar-refractivity contribution is -0.143. The fourth-order valence-electron chi connectivity index (χ4n) is 2.54. The van der Waals surface area contributed by atoms with Crippen LogP contribution in [0.4, 0.5) is 0 Å². The molecule has 4 N–H and O–H groups in total. The van der Waals surface area contributed by atoms with Crippen LogP contribution in [0.15, 0.2) is 30.5 Å². The molecule has 2 rings (SSSR count). The summed E-state index contributed by atoms with van der Waals surface area (Å²) >= 11 is 0. The predicted molar refractivity (Wildman–Crippen MR) is 87.0 cm³/mol. The zero-order valence-corrected chi connectivity index (χ0v) is 13.2. The number of aliphatic hydroxyl groups excluding tert-OH is 1. The van der Waals surface area contributed by atoms with Crippen LogP contribution in [0.1, 0.15) is 25.8 Å². The molecular formula is C17H22N2O4. The van der Waals surface area contributed by atoms with Gasteiger partial charge >= 0.3 is 5.97 Å². The molecule has 23 heavy (non-hydrogen) atoms. The Bertz CT molecular complexity index is 693. The maximum absolute atomic E-state index is 12.0. The first-order valence-electron chi connectivity index (χ1n) is 7.64. The van der Waals surface area contributed by atoms with E-state index in [-0.39, 0.29) is 12.3 Å². The van der Waals surface area contributed by atoms with Crippen LogP contribution in [0.5, 0.6) is 0 Å². The number of hydrogen-bond donors (Lipinski definition) is 4. The molecular weight excluding hydrogens is 296 g/mol. The molecule has 2 aromatic rings. The Morgan fingerprint density at radius 3 is 2.61 bits per heavy atom. The smallest absolute Gasteiger partial charge is 0.326 e. The maximum Gasteiger partial charge on any atom is 0.326 e. The zero-order chi connectivity index (χ0) is 17.0. The van der Waals surface area contributed by atoms with E-state index in [1.165, 1.54) is 0 Å². The minimum atomic E-state index is -1.19. The molecule has 1 amide bonds. The van der Waals surface area contributed by atoms with Crippen LogP contribution in [0.25, 0.3) is 10.9 Å². The first kappa shape index (κ1) is 17.0. The maximum atomic E-state index is 12.0. The van der Waals surface area contributed by atoms with E-state index >= 15 is 0 Å². The number of carboxylic acid groups (broad SMARTS) is 1. The van der Waals surface area contributed by atoms with Gasteiger partial charge in [-0.15, -0.1) is 0 Å². The van der Waals surface area contributed by atoms with Crippen LogP contribution >= 0.6 is 0 Å². The first-order valence-corrected chi connectivity index (χ1v) is 7.64. The molecule has 0 spiro atoms. The van der Waals surface area contributed by atoms with E-state index in [0.717, 1.165) is 16.5 Å². The predicted octanol–water partition coefficient (Wildman–Crippen LogP) is 1.69. The van der Waals surface area contributed by atoms with Crippen LogP contribution in [-0.4, -0.2) is 39.2 Å². The van der Waals surface area contributed by atoms with Crippen molar-refractivity contribution in [3.63, 3.8) is 0 Å². The van der Waals surface area contributed by atoms with Crippen LogP contribution in [0.3, 0.4) is 0 Å². The van der Waals surface area contributed by atoms with Gasteiger partial charge in [-0.2, -0.15) is 0 Å². The highest BCUT2D eigenvalue weighted by molar-refractivity contribution is 5.88. The van der Waals surface area contributed by atoms with Gasteiger partial charge in [0.25, 0.3) is 0 Å². The molecule has 0 aliphatic carbocycles. The second-order valence-corrected chi connectivity index (χ2v) is 6.11. The standard InChI is InChI=1S/C17H22N2O4/c1-10(2)7-15(20)16(21)19-14(17(22)23)8-11-9-18-13-6-4-3-5-12(11)13/h3-6,9-10,14-15,18,20H,7-8H2,1-2H3,(H,19,21)(H,22,23)/t14-,15+/m1/s1. The Kier molecular flexibility index (Phi) is 5.39. The number of aliphatic carboxylic acids is 1. The highest BCUT2D eigenvalue weighted by atomic mass is 16.4. The minimum Gasteiger partial charge on any atom is -0.480 e. The van der Waals surface area contributed by atoms with Gasteiger partial charge in [0.05, 0.1) is 0 Å². The van der Waals surface area contributed by atoms with Crippen LogP contribution in [0.2, 0.25) is 0 Å². The fraction of sp³-hybridized carbons (Fsp3) is 0.412. The van der Waals surface area contributed by atoms with Crippen molar-refractivity contribution < 1.29 is 19.8 Å². The summed E-state index contributed by atoms with van der Waals surface area (Å²) in [5.74, 6) is -1.63. The quantitative estimate of drug-likeness (QED) is 0.624. The Morgan fingerprint density at radius 1 is 1.26 bits per heavy atom. The number of H-pyrrole nitrogens is 1. The third-order valence-corrected chi connectivity index (χ3v) is 3.71. The molecule has 0 aliphatic rings. The lowest BCUT2D eigenvalue weighted by Gasteiger charge is -2.18. The van der Waals surface area contributed by atoms with Crippen LogP contribution in [0, 0.1) is 5.92 Å². The van der Waals surface area contributed by atoms with E-state index in [1.807, 2.05) is 38.1 Å². The van der Waals surface area contributed by atoms with Crippen LogP contribution < -0.4 is 5.32 Å². The van der Waals surface area contributed by atoms with Crippen molar-refractivity contribution >= 4 is 22.8 Å². The number of carbonyl (C=O) groups excluding carboxylic acids is 1. The van der Waals surface area contributed by atoms with E-state index in [2.05, 4.69) is 10.3 Å². The fourth-order valence-corrected chi connectivity index (χ4v) is 2.54. The lowest BCUT2D eigenvalue weighted by Crippen LogP contribution is -2.46. The van der Waals surface area contributed by atoms with Crippen molar-refractivity contribution in [2.75, 3.05) is 0 Å². The second kappa shape index (κ2) is 7.28. The Hall–Kier alpha value is -2.34. The third-order valence-electron chi connectivity index (χ3n) is 3.71. The van der Waals surface area contributed by atoms with E-state index in [1.54, 1.807) is 6.20 Å². The number of carbonyl (C=O) groups is 2. The molecule has 2 atom stereocenters. The summed E-state index contributed by atoms with van der Waals surface area (Å²) in [6.07, 6.45) is 1.00. The number of nitrogens with one attached hydrogen (secondary N) is 2. The van der Waals surface area contributed by atoms with Gasteiger partial charge in [0.15, 0.2) is 0 Å². The average molecular weight is 318 g/mol. The largest absolute Gasteiger partial charge is 0.480 e. The molecule has 0 unspecified atom stereocenters.